The topological polar surface area (TPSA) is 101 Å². The van der Waals surface area contributed by atoms with Crippen LogP contribution in [0.1, 0.15) is 34.8 Å². The molecule has 1 atom stereocenters. The number of anilines is 1. The lowest BCUT2D eigenvalue weighted by molar-refractivity contribution is -0.384. The fourth-order valence-electron chi connectivity index (χ4n) is 3.01. The number of hydrogen-bond donors (Lipinski definition) is 2. The summed E-state index contributed by atoms with van der Waals surface area (Å²) in [7, 11) is 0. The average Bonchev–Trinajstić information content (AvgIpc) is 3.09. The average molecular weight is 353 g/mol. The number of nitro benzene ring substituents is 1. The van der Waals surface area contributed by atoms with E-state index >= 15 is 0 Å². The van der Waals surface area contributed by atoms with Crippen molar-refractivity contribution in [1.82, 2.24) is 5.32 Å². The van der Waals surface area contributed by atoms with Crippen LogP contribution in [-0.2, 0) is 17.6 Å². The molecule has 2 amide bonds. The second-order valence-corrected chi connectivity index (χ2v) is 6.33. The van der Waals surface area contributed by atoms with E-state index in [1.165, 1.54) is 35.4 Å². The number of nitrogens with one attached hydrogen (secondary N) is 2. The number of aryl methyl sites for hydroxylation is 2. The summed E-state index contributed by atoms with van der Waals surface area (Å²) < 4.78 is 0. The van der Waals surface area contributed by atoms with E-state index in [-0.39, 0.29) is 17.2 Å². The Kier molecular flexibility index (Phi) is 4.97. The van der Waals surface area contributed by atoms with E-state index in [4.69, 9.17) is 0 Å². The monoisotopic (exact) mass is 353 g/mol. The Hall–Kier alpha value is -3.22. The zero-order valence-electron chi connectivity index (χ0n) is 14.3. The Labute approximate surface area is 150 Å². The fourth-order valence-corrected chi connectivity index (χ4v) is 3.01. The molecule has 1 aliphatic rings. The first-order valence-electron chi connectivity index (χ1n) is 8.42. The molecule has 2 N–H and O–H groups in total. The van der Waals surface area contributed by atoms with E-state index < -0.39 is 16.9 Å². The third kappa shape index (κ3) is 3.88. The van der Waals surface area contributed by atoms with E-state index in [0.29, 0.717) is 5.69 Å². The number of nitro groups is 1. The van der Waals surface area contributed by atoms with Crippen LogP contribution in [0, 0.1) is 10.1 Å². The number of carbonyl (C=O) groups is 2. The van der Waals surface area contributed by atoms with Crippen LogP contribution < -0.4 is 10.6 Å². The van der Waals surface area contributed by atoms with Crippen molar-refractivity contribution in [2.45, 2.75) is 32.2 Å². The first kappa shape index (κ1) is 17.6. The van der Waals surface area contributed by atoms with Gasteiger partial charge in [0.2, 0.25) is 5.91 Å². The van der Waals surface area contributed by atoms with Gasteiger partial charge in [-0.2, -0.15) is 0 Å². The quantitative estimate of drug-likeness (QED) is 0.637. The van der Waals surface area contributed by atoms with Gasteiger partial charge in [0.1, 0.15) is 6.04 Å². The van der Waals surface area contributed by atoms with Gasteiger partial charge < -0.3 is 10.6 Å². The molecule has 0 radical (unpaired) electrons. The molecule has 0 fully saturated rings. The molecule has 1 unspecified atom stereocenters. The lowest BCUT2D eigenvalue weighted by Gasteiger charge is -2.15. The van der Waals surface area contributed by atoms with Gasteiger partial charge in [0, 0.05) is 23.4 Å². The van der Waals surface area contributed by atoms with Gasteiger partial charge in [-0.15, -0.1) is 0 Å². The standard InChI is InChI=1S/C19H19N3O4/c1-12(20-19(24)15-6-3-7-17(11-15)22(25)26)18(23)21-16-9-8-13-4-2-5-14(13)10-16/h3,6-12H,2,4-5H2,1H3,(H,20,24)(H,21,23). The van der Waals surface area contributed by atoms with Crippen molar-refractivity contribution in [3.8, 4) is 0 Å². The van der Waals surface area contributed by atoms with Crippen LogP contribution in [0.15, 0.2) is 42.5 Å². The molecule has 0 aliphatic heterocycles. The first-order valence-corrected chi connectivity index (χ1v) is 8.42. The van der Waals surface area contributed by atoms with Crippen LogP contribution in [0.25, 0.3) is 0 Å². The number of amides is 2. The van der Waals surface area contributed by atoms with Gasteiger partial charge in [-0.1, -0.05) is 12.1 Å². The summed E-state index contributed by atoms with van der Waals surface area (Å²) in [5, 5.41) is 16.2. The maximum absolute atomic E-state index is 12.3. The van der Waals surface area contributed by atoms with Gasteiger partial charge in [-0.3, -0.25) is 19.7 Å². The molecular formula is C19H19N3O4. The molecule has 2 aromatic rings. The van der Waals surface area contributed by atoms with Crippen molar-refractivity contribution in [3.63, 3.8) is 0 Å². The van der Waals surface area contributed by atoms with E-state index in [1.807, 2.05) is 18.2 Å². The van der Waals surface area contributed by atoms with Crippen LogP contribution >= 0.6 is 0 Å². The molecule has 134 valence electrons. The molecule has 7 nitrogen and oxygen atoms in total. The van der Waals surface area contributed by atoms with Crippen molar-refractivity contribution < 1.29 is 14.5 Å². The Morgan fingerprint density at radius 1 is 1.12 bits per heavy atom. The van der Waals surface area contributed by atoms with Gasteiger partial charge in [-0.25, -0.2) is 0 Å². The van der Waals surface area contributed by atoms with Crippen LogP contribution in [0.5, 0.6) is 0 Å². The summed E-state index contributed by atoms with van der Waals surface area (Å²) in [6.07, 6.45) is 3.21. The number of benzene rings is 2. The highest BCUT2D eigenvalue weighted by Gasteiger charge is 2.19. The highest BCUT2D eigenvalue weighted by molar-refractivity contribution is 6.01. The van der Waals surface area contributed by atoms with Crippen molar-refractivity contribution in [1.29, 1.82) is 0 Å². The SMILES string of the molecule is CC(NC(=O)c1cccc([N+](=O)[O-])c1)C(=O)Nc1ccc2c(c1)CCC2. The van der Waals surface area contributed by atoms with Gasteiger partial charge in [0.15, 0.2) is 0 Å². The predicted molar refractivity (Wildman–Crippen MR) is 97.1 cm³/mol. The Bertz CT molecular complexity index is 879. The number of carbonyl (C=O) groups excluding carboxylic acids is 2. The van der Waals surface area contributed by atoms with Crippen molar-refractivity contribution in [2.75, 3.05) is 5.32 Å². The molecule has 0 heterocycles. The minimum Gasteiger partial charge on any atom is -0.341 e. The molecule has 7 heteroatoms. The number of nitrogens with zero attached hydrogens (tertiary/aromatic N) is 1. The molecule has 0 bridgehead atoms. The van der Waals surface area contributed by atoms with Gasteiger partial charge in [-0.05, 0) is 55.5 Å². The van der Waals surface area contributed by atoms with E-state index in [0.717, 1.165) is 19.3 Å². The summed E-state index contributed by atoms with van der Waals surface area (Å²) >= 11 is 0. The maximum atomic E-state index is 12.3. The summed E-state index contributed by atoms with van der Waals surface area (Å²) in [4.78, 5) is 34.8. The second kappa shape index (κ2) is 7.35. The van der Waals surface area contributed by atoms with Gasteiger partial charge in [0.25, 0.3) is 11.6 Å². The summed E-state index contributed by atoms with van der Waals surface area (Å²) in [5.74, 6) is -0.882. The number of non-ortho nitro benzene ring substituents is 1. The third-order valence-corrected chi connectivity index (χ3v) is 4.43. The number of rotatable bonds is 5. The molecule has 3 rings (SSSR count). The Morgan fingerprint density at radius 3 is 2.65 bits per heavy atom. The smallest absolute Gasteiger partial charge is 0.270 e. The Balaban J connectivity index is 1.62. The molecular weight excluding hydrogens is 334 g/mol. The molecule has 0 aromatic heterocycles. The number of fused-ring (bicyclic) bond motifs is 1. The normalized spacial score (nSPS) is 13.6. The first-order chi connectivity index (χ1) is 12.4. The van der Waals surface area contributed by atoms with Crippen molar-refractivity contribution >= 4 is 23.2 Å². The molecule has 0 saturated heterocycles. The van der Waals surface area contributed by atoms with Gasteiger partial charge >= 0.3 is 0 Å². The summed E-state index contributed by atoms with van der Waals surface area (Å²) in [5.41, 5.74) is 3.22. The summed E-state index contributed by atoms with van der Waals surface area (Å²) in [6, 6.07) is 10.4. The van der Waals surface area contributed by atoms with Crippen LogP contribution in [0.2, 0.25) is 0 Å². The Morgan fingerprint density at radius 2 is 1.88 bits per heavy atom. The lowest BCUT2D eigenvalue weighted by atomic mass is 10.1. The highest BCUT2D eigenvalue weighted by Crippen LogP contribution is 2.25. The lowest BCUT2D eigenvalue weighted by Crippen LogP contribution is -2.41. The van der Waals surface area contributed by atoms with Crippen molar-refractivity contribution in [3.05, 3.63) is 69.3 Å². The zero-order valence-corrected chi connectivity index (χ0v) is 14.3. The highest BCUT2D eigenvalue weighted by atomic mass is 16.6. The third-order valence-electron chi connectivity index (χ3n) is 4.43. The zero-order chi connectivity index (χ0) is 18.7. The van der Waals surface area contributed by atoms with Gasteiger partial charge in [0.05, 0.1) is 4.92 Å². The number of hydrogen-bond acceptors (Lipinski definition) is 4. The molecule has 26 heavy (non-hydrogen) atoms. The summed E-state index contributed by atoms with van der Waals surface area (Å²) in [6.45, 7) is 1.57. The molecule has 2 aromatic carbocycles. The predicted octanol–water partition coefficient (Wildman–Crippen LogP) is 2.84. The largest absolute Gasteiger partial charge is 0.341 e. The van der Waals surface area contributed by atoms with E-state index in [9.17, 15) is 19.7 Å². The van der Waals surface area contributed by atoms with Crippen LogP contribution in [0.4, 0.5) is 11.4 Å². The minimum atomic E-state index is -0.782. The minimum absolute atomic E-state index is 0.136. The van der Waals surface area contributed by atoms with E-state index in [2.05, 4.69) is 10.6 Å². The fraction of sp³-hybridized carbons (Fsp3) is 0.263. The van der Waals surface area contributed by atoms with Crippen LogP contribution in [0.3, 0.4) is 0 Å². The van der Waals surface area contributed by atoms with E-state index in [1.54, 1.807) is 6.92 Å². The second-order valence-electron chi connectivity index (χ2n) is 6.33. The molecule has 1 aliphatic carbocycles. The molecule has 0 spiro atoms. The maximum Gasteiger partial charge on any atom is 0.270 e. The van der Waals surface area contributed by atoms with Crippen molar-refractivity contribution in [2.24, 2.45) is 0 Å². The van der Waals surface area contributed by atoms with Crippen LogP contribution in [-0.4, -0.2) is 22.8 Å². The molecule has 0 saturated carbocycles.